The summed E-state index contributed by atoms with van der Waals surface area (Å²) in [6.45, 7) is 7.26. The molecule has 0 aromatic rings. The monoisotopic (exact) mass is 141 g/mol. The van der Waals surface area contributed by atoms with E-state index in [9.17, 15) is 0 Å². The van der Waals surface area contributed by atoms with Crippen molar-refractivity contribution in [2.24, 2.45) is 10.7 Å². The normalized spacial score (nSPS) is 15.6. The summed E-state index contributed by atoms with van der Waals surface area (Å²) in [5.74, 6) is 0.773. The third-order valence-corrected chi connectivity index (χ3v) is 1.45. The van der Waals surface area contributed by atoms with Crippen LogP contribution in [0.25, 0.3) is 0 Å². The van der Waals surface area contributed by atoms with Crippen molar-refractivity contribution in [1.29, 1.82) is 0 Å². The Morgan fingerprint density at radius 2 is 2.20 bits per heavy atom. The fourth-order valence-corrected chi connectivity index (χ4v) is 0.617. The zero-order valence-corrected chi connectivity index (χ0v) is 6.81. The quantitative estimate of drug-likeness (QED) is 0.562. The van der Waals surface area contributed by atoms with Gasteiger partial charge >= 0.3 is 0 Å². The third kappa shape index (κ3) is 2.19. The predicted octanol–water partition coefficient (Wildman–Crippen LogP) is 0.485. The van der Waals surface area contributed by atoms with Crippen LogP contribution in [0, 0.1) is 0 Å². The Morgan fingerprint density at radius 3 is 2.30 bits per heavy atom. The first-order valence-electron chi connectivity index (χ1n) is 3.24. The van der Waals surface area contributed by atoms with E-state index in [2.05, 4.69) is 17.0 Å². The van der Waals surface area contributed by atoms with E-state index < -0.39 is 0 Å². The number of aliphatic imine (C=N–C) groups is 1. The minimum atomic E-state index is 0.0351. The van der Waals surface area contributed by atoms with Crippen LogP contribution in [0.15, 0.2) is 16.4 Å². The molecule has 0 saturated carbocycles. The van der Waals surface area contributed by atoms with Gasteiger partial charge in [-0.05, 0) is 26.1 Å². The van der Waals surface area contributed by atoms with Crippen molar-refractivity contribution in [1.82, 2.24) is 5.32 Å². The van der Waals surface area contributed by atoms with E-state index in [1.165, 1.54) is 0 Å². The third-order valence-electron chi connectivity index (χ3n) is 1.45. The van der Waals surface area contributed by atoms with Gasteiger partial charge in [0.05, 0.1) is 0 Å². The van der Waals surface area contributed by atoms with Crippen LogP contribution < -0.4 is 11.1 Å². The molecule has 1 atom stereocenters. The number of nitrogens with zero attached hydrogens (tertiary/aromatic N) is 1. The maximum absolute atomic E-state index is 5.60. The van der Waals surface area contributed by atoms with Gasteiger partial charge < -0.3 is 11.1 Å². The molecule has 0 aliphatic rings. The molecule has 0 radical (unpaired) electrons. The number of rotatable bonds is 3. The van der Waals surface area contributed by atoms with Gasteiger partial charge in [-0.3, -0.25) is 0 Å². The molecule has 0 aromatic carbocycles. The summed E-state index contributed by atoms with van der Waals surface area (Å²) in [6.07, 6.45) is 0. The van der Waals surface area contributed by atoms with Crippen molar-refractivity contribution >= 4 is 6.72 Å². The molecule has 0 aliphatic heterocycles. The summed E-state index contributed by atoms with van der Waals surface area (Å²) in [7, 11) is 1.80. The number of nitrogens with two attached hydrogens (primary N) is 1. The maximum Gasteiger partial charge on any atom is 0.125 e. The van der Waals surface area contributed by atoms with Crippen LogP contribution in [0.5, 0.6) is 0 Å². The average molecular weight is 141 g/mol. The molecule has 0 saturated heterocycles. The van der Waals surface area contributed by atoms with Crippen molar-refractivity contribution in [2.75, 3.05) is 7.05 Å². The van der Waals surface area contributed by atoms with E-state index in [4.69, 9.17) is 5.73 Å². The minimum Gasteiger partial charge on any atom is -0.373 e. The smallest absolute Gasteiger partial charge is 0.125 e. The van der Waals surface area contributed by atoms with E-state index in [1.54, 1.807) is 7.05 Å². The zero-order valence-electron chi connectivity index (χ0n) is 6.81. The molecule has 3 heteroatoms. The number of hydrogen-bond acceptors (Lipinski definition) is 3. The second-order valence-corrected chi connectivity index (χ2v) is 2.23. The lowest BCUT2D eigenvalue weighted by Crippen LogP contribution is -2.20. The van der Waals surface area contributed by atoms with Gasteiger partial charge in [-0.2, -0.15) is 0 Å². The number of nitrogens with one attached hydrogen (secondary N) is 1. The van der Waals surface area contributed by atoms with E-state index in [-0.39, 0.29) is 6.04 Å². The fourth-order valence-electron chi connectivity index (χ4n) is 0.617. The number of hydrogen-bond donors (Lipinski definition) is 2. The first-order chi connectivity index (χ1) is 4.63. The maximum atomic E-state index is 5.60. The molecule has 0 aliphatic carbocycles. The van der Waals surface area contributed by atoms with Crippen LogP contribution in [-0.4, -0.2) is 19.8 Å². The molecule has 0 spiro atoms. The zero-order chi connectivity index (χ0) is 8.15. The molecular formula is C7H15N3. The Morgan fingerprint density at radius 1 is 1.70 bits per heavy atom. The highest BCUT2D eigenvalue weighted by molar-refractivity contribution is 5.30. The van der Waals surface area contributed by atoms with Crippen LogP contribution in [0.1, 0.15) is 13.8 Å². The second kappa shape index (κ2) is 4.06. The predicted molar refractivity (Wildman–Crippen MR) is 45.0 cm³/mol. The Kier molecular flexibility index (Phi) is 3.72. The first kappa shape index (κ1) is 9.17. The van der Waals surface area contributed by atoms with Crippen molar-refractivity contribution in [2.45, 2.75) is 19.9 Å². The Balaban J connectivity index is 4.42. The average Bonchev–Trinajstić information content (AvgIpc) is 1.90. The van der Waals surface area contributed by atoms with Crippen molar-refractivity contribution in [3.63, 3.8) is 0 Å². The van der Waals surface area contributed by atoms with Gasteiger partial charge in [-0.25, -0.2) is 4.99 Å². The molecule has 0 heterocycles. The van der Waals surface area contributed by atoms with Crippen LogP contribution in [0.4, 0.5) is 0 Å². The highest BCUT2D eigenvalue weighted by Gasteiger charge is 2.01. The summed E-state index contributed by atoms with van der Waals surface area (Å²) in [5, 5.41) is 2.90. The van der Waals surface area contributed by atoms with Crippen LogP contribution in [0.2, 0.25) is 0 Å². The van der Waals surface area contributed by atoms with Gasteiger partial charge in [-0.15, -0.1) is 0 Å². The van der Waals surface area contributed by atoms with Gasteiger partial charge in [0, 0.05) is 13.1 Å². The molecule has 3 nitrogen and oxygen atoms in total. The van der Waals surface area contributed by atoms with Gasteiger partial charge in [0.15, 0.2) is 0 Å². The molecule has 0 amide bonds. The molecule has 1 unspecified atom stereocenters. The molecular weight excluding hydrogens is 126 g/mol. The summed E-state index contributed by atoms with van der Waals surface area (Å²) in [4.78, 5) is 3.77. The summed E-state index contributed by atoms with van der Waals surface area (Å²) < 4.78 is 0. The van der Waals surface area contributed by atoms with Gasteiger partial charge in [0.25, 0.3) is 0 Å². The minimum absolute atomic E-state index is 0.0351. The van der Waals surface area contributed by atoms with Crippen LogP contribution in [-0.2, 0) is 0 Å². The standard InChI is InChI=1S/C7H15N3/c1-5(6(2)8)7(9-3)10-4/h6,10H,3,8H2,1-2,4H3/b7-5+. The second-order valence-electron chi connectivity index (χ2n) is 2.23. The fraction of sp³-hybridized carbons (Fsp3) is 0.571. The highest BCUT2D eigenvalue weighted by Crippen LogP contribution is 2.03. The van der Waals surface area contributed by atoms with Crippen molar-refractivity contribution in [3.8, 4) is 0 Å². The summed E-state index contributed by atoms with van der Waals surface area (Å²) in [5.41, 5.74) is 6.63. The van der Waals surface area contributed by atoms with E-state index in [0.29, 0.717) is 0 Å². The lowest BCUT2D eigenvalue weighted by molar-refractivity contribution is 0.807. The Labute approximate surface area is 62.0 Å². The van der Waals surface area contributed by atoms with Gasteiger partial charge in [0.1, 0.15) is 5.82 Å². The van der Waals surface area contributed by atoms with Gasteiger partial charge in [-0.1, -0.05) is 0 Å². The Bertz CT molecular complexity index is 147. The molecule has 0 fully saturated rings. The molecule has 58 valence electrons. The molecule has 0 rings (SSSR count). The molecule has 3 N–H and O–H groups in total. The summed E-state index contributed by atoms with van der Waals surface area (Å²) in [6, 6.07) is 0.0351. The van der Waals surface area contributed by atoms with Crippen LogP contribution in [0.3, 0.4) is 0 Å². The first-order valence-corrected chi connectivity index (χ1v) is 3.24. The van der Waals surface area contributed by atoms with Crippen molar-refractivity contribution in [3.05, 3.63) is 11.4 Å². The lowest BCUT2D eigenvalue weighted by atomic mass is 10.1. The molecule has 0 bridgehead atoms. The van der Waals surface area contributed by atoms with Gasteiger partial charge in [0.2, 0.25) is 0 Å². The van der Waals surface area contributed by atoms with E-state index in [1.807, 2.05) is 13.8 Å². The largest absolute Gasteiger partial charge is 0.373 e. The summed E-state index contributed by atoms with van der Waals surface area (Å²) >= 11 is 0. The van der Waals surface area contributed by atoms with Crippen LogP contribution >= 0.6 is 0 Å². The topological polar surface area (TPSA) is 50.4 Å². The van der Waals surface area contributed by atoms with E-state index >= 15 is 0 Å². The SMILES string of the molecule is C=N/C(NC)=C(/C)C(C)N. The van der Waals surface area contributed by atoms with Crippen molar-refractivity contribution < 1.29 is 0 Å². The Hall–Kier alpha value is -0.830. The molecule has 0 aromatic heterocycles. The highest BCUT2D eigenvalue weighted by atomic mass is 15.0. The van der Waals surface area contributed by atoms with E-state index in [0.717, 1.165) is 11.4 Å². The lowest BCUT2D eigenvalue weighted by Gasteiger charge is -2.09. The molecule has 10 heavy (non-hydrogen) atoms.